The van der Waals surface area contributed by atoms with E-state index in [1.807, 2.05) is 39.6 Å². The van der Waals surface area contributed by atoms with Crippen LogP contribution in [0.1, 0.15) is 107 Å². The van der Waals surface area contributed by atoms with Crippen molar-refractivity contribution >= 4 is 46.7 Å². The molecule has 1 aliphatic rings. The van der Waals surface area contributed by atoms with Crippen LogP contribution in [0.25, 0.3) is 0 Å². The molecular weight excluding hydrogens is 705 g/mol. The van der Waals surface area contributed by atoms with Crippen LogP contribution in [0.3, 0.4) is 0 Å². The van der Waals surface area contributed by atoms with Crippen molar-refractivity contribution in [2.75, 3.05) is 13.6 Å². The van der Waals surface area contributed by atoms with Gasteiger partial charge in [-0.05, 0) is 56.7 Å². The lowest BCUT2D eigenvalue weighted by atomic mass is 9.94. The zero-order chi connectivity index (χ0) is 39.4. The summed E-state index contributed by atoms with van der Waals surface area (Å²) in [6.45, 7) is 11.3. The standard InChI is InChI=1S/C37H54N6O9S/c1-8-22(4)32(41-34(46)30-11-9-10-16-42(30)7)35(47)39-28(21(2)3)19-31(52-24(6)44)36-40-29(20-53-36)33(45)38-26(17-23(5)37(48)49)18-25-12-14-27(15-13-25)43(50)51/h12-15,20-23,26,28,30-32H,8-11,16-19H2,1-7H3,(H,38,45)(H,39,47)(H,41,46)(H,48,49)/t22-,23+,26+,28+,30+,31+,32-/m0/s1. The molecule has 0 bridgehead atoms. The second kappa shape index (κ2) is 20.1. The number of hydrogen-bond donors (Lipinski definition) is 4. The first-order valence-electron chi connectivity index (χ1n) is 18.2. The van der Waals surface area contributed by atoms with Crippen LogP contribution in [-0.4, -0.2) is 87.3 Å². The maximum Gasteiger partial charge on any atom is 0.306 e. The maximum absolute atomic E-state index is 13.8. The molecule has 1 saturated heterocycles. The van der Waals surface area contributed by atoms with Crippen molar-refractivity contribution in [2.24, 2.45) is 17.8 Å². The summed E-state index contributed by atoms with van der Waals surface area (Å²) in [7, 11) is 1.92. The number of nitrogens with one attached hydrogen (secondary N) is 3. The van der Waals surface area contributed by atoms with Gasteiger partial charge < -0.3 is 25.8 Å². The monoisotopic (exact) mass is 758 g/mol. The van der Waals surface area contributed by atoms with E-state index in [2.05, 4.69) is 20.9 Å². The summed E-state index contributed by atoms with van der Waals surface area (Å²) in [5.41, 5.74) is 0.622. The number of nitro benzene ring substituents is 1. The number of thiazole rings is 1. The van der Waals surface area contributed by atoms with E-state index in [4.69, 9.17) is 4.74 Å². The van der Waals surface area contributed by atoms with Crippen LogP contribution in [0.5, 0.6) is 0 Å². The van der Waals surface area contributed by atoms with Gasteiger partial charge in [-0.1, -0.05) is 59.6 Å². The molecule has 0 saturated carbocycles. The van der Waals surface area contributed by atoms with E-state index in [1.54, 1.807) is 12.1 Å². The van der Waals surface area contributed by atoms with Crippen molar-refractivity contribution in [1.82, 2.24) is 25.8 Å². The SMILES string of the molecule is CC[C@H](C)[C@H](NC(=O)[C@H]1CCCCN1C)C(=O)N[C@H](C[C@@H](OC(C)=O)c1nc(C(=O)N[C@@H](Cc2ccc([N+](=O)[O-])cc2)C[C@@H](C)C(=O)O)cs1)C(C)C. The van der Waals surface area contributed by atoms with Crippen LogP contribution in [0.15, 0.2) is 29.6 Å². The molecule has 1 aromatic heterocycles. The molecule has 0 unspecified atom stereocenters. The van der Waals surface area contributed by atoms with Gasteiger partial charge in [0.1, 0.15) is 16.7 Å². The highest BCUT2D eigenvalue weighted by molar-refractivity contribution is 7.09. The minimum absolute atomic E-state index is 0.0381. The van der Waals surface area contributed by atoms with Gasteiger partial charge in [-0.25, -0.2) is 4.98 Å². The third kappa shape index (κ3) is 12.9. The first kappa shape index (κ1) is 43.0. The highest BCUT2D eigenvalue weighted by atomic mass is 32.1. The number of nitrogens with zero attached hydrogens (tertiary/aromatic N) is 3. The number of aliphatic carboxylic acids is 1. The van der Waals surface area contributed by atoms with E-state index in [-0.39, 0.29) is 60.3 Å². The second-order valence-corrected chi connectivity index (χ2v) is 15.3. The first-order valence-corrected chi connectivity index (χ1v) is 19.1. The largest absolute Gasteiger partial charge is 0.481 e. The van der Waals surface area contributed by atoms with Crippen LogP contribution >= 0.6 is 11.3 Å². The highest BCUT2D eigenvalue weighted by Gasteiger charge is 2.34. The number of aromatic nitrogens is 1. The van der Waals surface area contributed by atoms with Crippen LogP contribution < -0.4 is 16.0 Å². The number of carboxylic acid groups (broad SMARTS) is 1. The molecule has 1 aromatic carbocycles. The fraction of sp³-hybridized carbons (Fsp3) is 0.622. The number of carbonyl (C=O) groups is 5. The van der Waals surface area contributed by atoms with Crippen molar-refractivity contribution in [3.8, 4) is 0 Å². The summed E-state index contributed by atoms with van der Waals surface area (Å²) in [6.07, 6.45) is 2.93. The lowest BCUT2D eigenvalue weighted by molar-refractivity contribution is -0.384. The molecule has 0 radical (unpaired) electrons. The van der Waals surface area contributed by atoms with Gasteiger partial charge in [-0.15, -0.1) is 11.3 Å². The summed E-state index contributed by atoms with van der Waals surface area (Å²) in [4.78, 5) is 81.6. The van der Waals surface area contributed by atoms with E-state index in [9.17, 15) is 39.2 Å². The van der Waals surface area contributed by atoms with Gasteiger partial charge in [-0.2, -0.15) is 0 Å². The maximum atomic E-state index is 13.8. The summed E-state index contributed by atoms with van der Waals surface area (Å²) in [5.74, 6) is -3.72. The minimum Gasteiger partial charge on any atom is -0.481 e. The molecule has 3 rings (SSSR count). The number of nitro groups is 1. The quantitative estimate of drug-likeness (QED) is 0.0880. The number of carbonyl (C=O) groups excluding carboxylic acids is 4. The van der Waals surface area contributed by atoms with Crippen molar-refractivity contribution in [3.05, 3.63) is 56.0 Å². The molecule has 16 heteroatoms. The third-order valence-electron chi connectivity index (χ3n) is 9.83. The van der Waals surface area contributed by atoms with E-state index in [1.165, 1.54) is 31.4 Å². The highest BCUT2D eigenvalue weighted by Crippen LogP contribution is 2.29. The molecule has 1 fully saturated rings. The predicted octanol–water partition coefficient (Wildman–Crippen LogP) is 4.65. The van der Waals surface area contributed by atoms with Crippen molar-refractivity contribution in [1.29, 1.82) is 0 Å². The van der Waals surface area contributed by atoms with Gasteiger partial charge in [0.25, 0.3) is 11.6 Å². The van der Waals surface area contributed by atoms with Gasteiger partial charge in [-0.3, -0.25) is 39.0 Å². The number of benzene rings is 1. The number of ether oxygens (including phenoxy) is 1. The van der Waals surface area contributed by atoms with Crippen molar-refractivity contribution < 1.29 is 38.7 Å². The number of likely N-dealkylation sites (tertiary alicyclic amines) is 1. The molecule has 15 nitrogen and oxygen atoms in total. The van der Waals surface area contributed by atoms with Crippen molar-refractivity contribution in [2.45, 2.75) is 117 Å². The van der Waals surface area contributed by atoms with Gasteiger partial charge in [0, 0.05) is 42.9 Å². The number of rotatable bonds is 19. The number of carboxylic acids is 1. The Hall–Kier alpha value is -4.44. The van der Waals surface area contributed by atoms with E-state index >= 15 is 0 Å². The number of piperidine rings is 1. The van der Waals surface area contributed by atoms with Gasteiger partial charge >= 0.3 is 11.9 Å². The van der Waals surface area contributed by atoms with E-state index in [0.717, 1.165) is 37.1 Å². The summed E-state index contributed by atoms with van der Waals surface area (Å²) in [5, 5.41) is 31.4. The van der Waals surface area contributed by atoms with Crippen LogP contribution in [0.2, 0.25) is 0 Å². The molecule has 53 heavy (non-hydrogen) atoms. The topological polar surface area (TPSA) is 210 Å². The lowest BCUT2D eigenvalue weighted by Gasteiger charge is -2.34. The second-order valence-electron chi connectivity index (χ2n) is 14.4. The molecule has 292 valence electrons. The summed E-state index contributed by atoms with van der Waals surface area (Å²) >= 11 is 1.11. The zero-order valence-corrected chi connectivity index (χ0v) is 32.4. The normalized spacial score (nSPS) is 18.2. The van der Waals surface area contributed by atoms with Crippen molar-refractivity contribution in [3.63, 3.8) is 0 Å². The first-order chi connectivity index (χ1) is 25.0. The number of amides is 3. The Kier molecular flexibility index (Phi) is 16.3. The fourth-order valence-corrected chi connectivity index (χ4v) is 7.16. The Labute approximate surface area is 314 Å². The molecule has 2 aromatic rings. The smallest absolute Gasteiger partial charge is 0.306 e. The summed E-state index contributed by atoms with van der Waals surface area (Å²) in [6, 6.07) is 3.62. The minimum atomic E-state index is -1.03. The Bertz CT molecular complexity index is 1580. The molecule has 3 amide bonds. The molecule has 0 spiro atoms. The predicted molar refractivity (Wildman–Crippen MR) is 199 cm³/mol. The number of hydrogen-bond acceptors (Lipinski definition) is 11. The number of esters is 1. The molecule has 7 atom stereocenters. The Morgan fingerprint density at radius 2 is 1.74 bits per heavy atom. The van der Waals surface area contributed by atoms with Gasteiger partial charge in [0.05, 0.1) is 16.9 Å². The average Bonchev–Trinajstić information content (AvgIpc) is 3.60. The van der Waals surface area contributed by atoms with Crippen LogP contribution in [0, 0.1) is 27.9 Å². The molecule has 4 N–H and O–H groups in total. The summed E-state index contributed by atoms with van der Waals surface area (Å²) < 4.78 is 5.68. The molecule has 0 aliphatic carbocycles. The number of non-ortho nitro benzene ring substituents is 1. The fourth-order valence-electron chi connectivity index (χ4n) is 6.32. The van der Waals surface area contributed by atoms with Crippen LogP contribution in [0.4, 0.5) is 5.69 Å². The van der Waals surface area contributed by atoms with Crippen LogP contribution in [-0.2, 0) is 30.3 Å². The van der Waals surface area contributed by atoms with Gasteiger partial charge in [0.2, 0.25) is 11.8 Å². The Morgan fingerprint density at radius 1 is 1.06 bits per heavy atom. The Balaban J connectivity index is 1.78. The molecule has 2 heterocycles. The van der Waals surface area contributed by atoms with E-state index in [0.29, 0.717) is 17.0 Å². The average molecular weight is 759 g/mol. The number of likely N-dealkylation sites (N-methyl/N-ethyl adjacent to an activating group) is 1. The lowest BCUT2D eigenvalue weighted by Crippen LogP contribution is -2.57. The third-order valence-corrected chi connectivity index (χ3v) is 10.8. The Morgan fingerprint density at radius 3 is 2.30 bits per heavy atom. The zero-order valence-electron chi connectivity index (χ0n) is 31.6. The van der Waals surface area contributed by atoms with E-state index < -0.39 is 52.9 Å². The molecular formula is C37H54N6O9S. The molecule has 1 aliphatic heterocycles. The van der Waals surface area contributed by atoms with Gasteiger partial charge in [0.15, 0.2) is 6.10 Å².